The number of rotatable bonds is 4. The number of amides is 3. The molecule has 0 bridgehead atoms. The zero-order valence-corrected chi connectivity index (χ0v) is 10.3. The third-order valence-corrected chi connectivity index (χ3v) is 2.89. The van der Waals surface area contributed by atoms with E-state index in [1.165, 1.54) is 0 Å². The van der Waals surface area contributed by atoms with Crippen molar-refractivity contribution in [2.75, 3.05) is 5.32 Å². The Balaban J connectivity index is 2.04. The minimum absolute atomic E-state index is 0.158. The van der Waals surface area contributed by atoms with E-state index in [9.17, 15) is 14.4 Å². The number of imide groups is 1. The Kier molecular flexibility index (Phi) is 3.79. The van der Waals surface area contributed by atoms with Crippen LogP contribution in [0.5, 0.6) is 0 Å². The van der Waals surface area contributed by atoms with Crippen LogP contribution in [0.1, 0.15) is 18.4 Å². The van der Waals surface area contributed by atoms with Gasteiger partial charge in [0.2, 0.25) is 17.7 Å². The van der Waals surface area contributed by atoms with Gasteiger partial charge in [0.1, 0.15) is 6.04 Å². The second kappa shape index (κ2) is 5.51. The molecule has 3 amide bonds. The highest BCUT2D eigenvalue weighted by molar-refractivity contribution is 6.01. The SMILES string of the molecule is NC(=O)Cc1cccc(N[C@H]2CCC(=O)NC2=O)c1. The molecule has 1 fully saturated rings. The molecule has 1 heterocycles. The van der Waals surface area contributed by atoms with E-state index in [1.54, 1.807) is 24.3 Å². The highest BCUT2D eigenvalue weighted by Crippen LogP contribution is 2.15. The standard InChI is InChI=1S/C13H15N3O3/c14-11(17)7-8-2-1-3-9(6-8)15-10-4-5-12(18)16-13(10)19/h1-3,6,10,15H,4-5,7H2,(H2,14,17)(H,16,18,19)/t10-/m0/s1. The van der Waals surface area contributed by atoms with E-state index >= 15 is 0 Å². The molecule has 2 rings (SSSR count). The first-order valence-corrected chi connectivity index (χ1v) is 6.02. The molecular weight excluding hydrogens is 246 g/mol. The molecule has 1 saturated heterocycles. The van der Waals surface area contributed by atoms with Gasteiger partial charge in [-0.3, -0.25) is 19.7 Å². The molecule has 100 valence electrons. The van der Waals surface area contributed by atoms with Crippen LogP contribution < -0.4 is 16.4 Å². The van der Waals surface area contributed by atoms with Gasteiger partial charge < -0.3 is 11.1 Å². The van der Waals surface area contributed by atoms with Crippen molar-refractivity contribution in [2.24, 2.45) is 5.73 Å². The van der Waals surface area contributed by atoms with Gasteiger partial charge in [0.15, 0.2) is 0 Å². The number of carbonyl (C=O) groups excluding carboxylic acids is 3. The molecule has 0 unspecified atom stereocenters. The first-order valence-electron chi connectivity index (χ1n) is 6.02. The summed E-state index contributed by atoms with van der Waals surface area (Å²) in [4.78, 5) is 33.5. The molecular formula is C13H15N3O3. The van der Waals surface area contributed by atoms with Crippen LogP contribution in [-0.2, 0) is 20.8 Å². The zero-order valence-electron chi connectivity index (χ0n) is 10.3. The molecule has 1 aromatic carbocycles. The minimum Gasteiger partial charge on any atom is -0.374 e. The molecule has 0 saturated carbocycles. The van der Waals surface area contributed by atoms with E-state index in [0.29, 0.717) is 12.8 Å². The monoisotopic (exact) mass is 261 g/mol. The van der Waals surface area contributed by atoms with Crippen LogP contribution in [0, 0.1) is 0 Å². The summed E-state index contributed by atoms with van der Waals surface area (Å²) in [5.74, 6) is -0.972. The Morgan fingerprint density at radius 2 is 2.21 bits per heavy atom. The van der Waals surface area contributed by atoms with E-state index in [4.69, 9.17) is 5.73 Å². The van der Waals surface area contributed by atoms with Crippen LogP contribution in [0.15, 0.2) is 24.3 Å². The van der Waals surface area contributed by atoms with Crippen molar-refractivity contribution in [1.82, 2.24) is 5.32 Å². The summed E-state index contributed by atoms with van der Waals surface area (Å²) in [5, 5.41) is 5.33. The van der Waals surface area contributed by atoms with Crippen LogP contribution >= 0.6 is 0 Å². The van der Waals surface area contributed by atoms with Gasteiger partial charge >= 0.3 is 0 Å². The lowest BCUT2D eigenvalue weighted by molar-refractivity contribution is -0.133. The summed E-state index contributed by atoms with van der Waals surface area (Å²) < 4.78 is 0. The third-order valence-electron chi connectivity index (χ3n) is 2.89. The van der Waals surface area contributed by atoms with Crippen molar-refractivity contribution >= 4 is 23.4 Å². The van der Waals surface area contributed by atoms with Gasteiger partial charge in [-0.25, -0.2) is 0 Å². The van der Waals surface area contributed by atoms with Crippen molar-refractivity contribution in [3.63, 3.8) is 0 Å². The second-order valence-electron chi connectivity index (χ2n) is 4.49. The number of carbonyl (C=O) groups is 3. The number of hydrogen-bond donors (Lipinski definition) is 3. The molecule has 1 aliphatic heterocycles. The summed E-state index contributed by atoms with van der Waals surface area (Å²) >= 11 is 0. The van der Waals surface area contributed by atoms with Crippen LogP contribution in [0.3, 0.4) is 0 Å². The van der Waals surface area contributed by atoms with Crippen LogP contribution in [0.4, 0.5) is 5.69 Å². The molecule has 6 nitrogen and oxygen atoms in total. The molecule has 0 spiro atoms. The summed E-state index contributed by atoms with van der Waals surface area (Å²) in [6, 6.07) is 6.72. The second-order valence-corrected chi connectivity index (χ2v) is 4.49. The number of anilines is 1. The fourth-order valence-corrected chi connectivity index (χ4v) is 2.00. The van der Waals surface area contributed by atoms with Crippen molar-refractivity contribution in [1.29, 1.82) is 0 Å². The summed E-state index contributed by atoms with van der Waals surface area (Å²) in [7, 11) is 0. The predicted octanol–water partition coefficient (Wildman–Crippen LogP) is -0.0685. The quantitative estimate of drug-likeness (QED) is 0.660. The molecule has 0 aromatic heterocycles. The van der Waals surface area contributed by atoms with Gasteiger partial charge in [0.05, 0.1) is 6.42 Å². The Bertz CT molecular complexity index is 528. The Hall–Kier alpha value is -2.37. The smallest absolute Gasteiger partial charge is 0.249 e. The fraction of sp³-hybridized carbons (Fsp3) is 0.308. The maximum Gasteiger partial charge on any atom is 0.249 e. The van der Waals surface area contributed by atoms with Gasteiger partial charge in [0.25, 0.3) is 0 Å². The average molecular weight is 261 g/mol. The third kappa shape index (κ3) is 3.54. The minimum atomic E-state index is -0.429. The van der Waals surface area contributed by atoms with Crippen molar-refractivity contribution in [3.05, 3.63) is 29.8 Å². The number of hydrogen-bond acceptors (Lipinski definition) is 4. The van der Waals surface area contributed by atoms with E-state index in [1.807, 2.05) is 0 Å². The molecule has 0 radical (unpaired) electrons. The lowest BCUT2D eigenvalue weighted by atomic mass is 10.0. The maximum atomic E-state index is 11.6. The molecule has 1 atom stereocenters. The lowest BCUT2D eigenvalue weighted by Gasteiger charge is -2.23. The summed E-state index contributed by atoms with van der Waals surface area (Å²) in [5.41, 5.74) is 6.65. The van der Waals surface area contributed by atoms with Gasteiger partial charge in [-0.15, -0.1) is 0 Å². The first kappa shape index (κ1) is 13.1. The Morgan fingerprint density at radius 3 is 2.89 bits per heavy atom. The average Bonchev–Trinajstić information content (AvgIpc) is 2.32. The Labute approximate surface area is 110 Å². The van der Waals surface area contributed by atoms with E-state index in [-0.39, 0.29) is 18.2 Å². The van der Waals surface area contributed by atoms with Gasteiger partial charge in [0, 0.05) is 12.1 Å². The topological polar surface area (TPSA) is 101 Å². The lowest BCUT2D eigenvalue weighted by Crippen LogP contribution is -2.47. The van der Waals surface area contributed by atoms with E-state index < -0.39 is 11.9 Å². The molecule has 6 heteroatoms. The maximum absolute atomic E-state index is 11.6. The highest BCUT2D eigenvalue weighted by Gasteiger charge is 2.26. The summed E-state index contributed by atoms with van der Waals surface area (Å²) in [6.07, 6.45) is 0.944. The number of nitrogens with one attached hydrogen (secondary N) is 2. The number of piperidine rings is 1. The number of primary amides is 1. The van der Waals surface area contributed by atoms with E-state index in [0.717, 1.165) is 11.3 Å². The van der Waals surface area contributed by atoms with Gasteiger partial charge in [-0.2, -0.15) is 0 Å². The van der Waals surface area contributed by atoms with Crippen LogP contribution in [0.25, 0.3) is 0 Å². The van der Waals surface area contributed by atoms with Crippen molar-refractivity contribution < 1.29 is 14.4 Å². The fourth-order valence-electron chi connectivity index (χ4n) is 2.00. The van der Waals surface area contributed by atoms with Crippen molar-refractivity contribution in [3.8, 4) is 0 Å². The van der Waals surface area contributed by atoms with Crippen LogP contribution in [0.2, 0.25) is 0 Å². The largest absolute Gasteiger partial charge is 0.374 e. The number of benzene rings is 1. The molecule has 0 aliphatic carbocycles. The Morgan fingerprint density at radius 1 is 1.42 bits per heavy atom. The highest BCUT2D eigenvalue weighted by atomic mass is 16.2. The zero-order chi connectivity index (χ0) is 13.8. The van der Waals surface area contributed by atoms with Gasteiger partial charge in [-0.05, 0) is 24.1 Å². The first-order chi connectivity index (χ1) is 9.04. The van der Waals surface area contributed by atoms with E-state index in [2.05, 4.69) is 10.6 Å². The molecule has 4 N–H and O–H groups in total. The molecule has 1 aromatic rings. The number of nitrogens with two attached hydrogens (primary N) is 1. The molecule has 1 aliphatic rings. The molecule has 19 heavy (non-hydrogen) atoms. The van der Waals surface area contributed by atoms with Crippen LogP contribution in [-0.4, -0.2) is 23.8 Å². The predicted molar refractivity (Wildman–Crippen MR) is 69.1 cm³/mol. The summed E-state index contributed by atoms with van der Waals surface area (Å²) in [6.45, 7) is 0. The van der Waals surface area contributed by atoms with Gasteiger partial charge in [-0.1, -0.05) is 12.1 Å². The normalized spacial score (nSPS) is 18.8. The van der Waals surface area contributed by atoms with Crippen molar-refractivity contribution in [2.45, 2.75) is 25.3 Å².